The van der Waals surface area contributed by atoms with Gasteiger partial charge >= 0.3 is 0 Å². The molecule has 0 amide bonds. The van der Waals surface area contributed by atoms with Gasteiger partial charge in [-0.15, -0.1) is 0 Å². The van der Waals surface area contributed by atoms with Gasteiger partial charge in [-0.05, 0) is 41.0 Å². The molecule has 3 aromatic rings. The highest BCUT2D eigenvalue weighted by atomic mass is 16.5. The van der Waals surface area contributed by atoms with Gasteiger partial charge in [0.1, 0.15) is 5.75 Å². The molecule has 1 heterocycles. The minimum atomic E-state index is 0.257. The van der Waals surface area contributed by atoms with E-state index < -0.39 is 0 Å². The second-order valence-electron chi connectivity index (χ2n) is 5.88. The number of methoxy groups -OCH3 is 1. The molecule has 0 saturated heterocycles. The smallest absolute Gasteiger partial charge is 0.119 e. The van der Waals surface area contributed by atoms with Gasteiger partial charge in [0.2, 0.25) is 0 Å². The Morgan fingerprint density at radius 1 is 0.957 bits per heavy atom. The Bertz CT molecular complexity index is 846. The summed E-state index contributed by atoms with van der Waals surface area (Å²) in [5.41, 5.74) is 5.37. The van der Waals surface area contributed by atoms with Crippen LogP contribution in [0.2, 0.25) is 0 Å². The van der Waals surface area contributed by atoms with E-state index in [4.69, 9.17) is 4.74 Å². The monoisotopic (exact) mass is 301 g/mol. The summed E-state index contributed by atoms with van der Waals surface area (Å²) in [5, 5.41) is 0. The molecule has 114 valence electrons. The molecule has 2 nitrogen and oxygen atoms in total. The average molecular weight is 301 g/mol. The predicted octanol–water partition coefficient (Wildman–Crippen LogP) is 4.73. The maximum atomic E-state index is 5.41. The predicted molar refractivity (Wildman–Crippen MR) is 93.7 cm³/mol. The van der Waals surface area contributed by atoms with Crippen LogP contribution in [-0.2, 0) is 6.42 Å². The van der Waals surface area contributed by atoms with Crippen molar-refractivity contribution in [1.29, 1.82) is 0 Å². The molecular formula is C21H19NO. The zero-order chi connectivity index (χ0) is 15.6. The summed E-state index contributed by atoms with van der Waals surface area (Å²) in [6.07, 6.45) is 7.56. The summed E-state index contributed by atoms with van der Waals surface area (Å²) >= 11 is 0. The molecule has 23 heavy (non-hydrogen) atoms. The first-order chi connectivity index (χ1) is 11.3. The fourth-order valence-corrected chi connectivity index (χ4v) is 3.35. The Morgan fingerprint density at radius 3 is 2.61 bits per heavy atom. The molecule has 4 rings (SSSR count). The van der Waals surface area contributed by atoms with Gasteiger partial charge in [0.15, 0.2) is 0 Å². The van der Waals surface area contributed by atoms with Gasteiger partial charge in [-0.3, -0.25) is 0 Å². The molecule has 1 unspecified atom stereocenters. The standard InChI is InChI=1S/C21H19NO/c1-23-19-9-6-8-17(14-19)21-15-18(22-11-4-5-12-22)13-16-7-2-3-10-20(16)21/h2-12,14-15,21H,13H2,1H3. The van der Waals surface area contributed by atoms with Crippen molar-refractivity contribution in [3.05, 3.63) is 95.8 Å². The van der Waals surface area contributed by atoms with Gasteiger partial charge in [-0.25, -0.2) is 0 Å². The molecule has 0 aliphatic heterocycles. The summed E-state index contributed by atoms with van der Waals surface area (Å²) in [5.74, 6) is 1.16. The number of benzene rings is 2. The quantitative estimate of drug-likeness (QED) is 0.682. The number of ether oxygens (including phenoxy) is 1. The number of allylic oxidation sites excluding steroid dienone is 2. The minimum Gasteiger partial charge on any atom is -0.497 e. The summed E-state index contributed by atoms with van der Waals surface area (Å²) in [6.45, 7) is 0. The van der Waals surface area contributed by atoms with E-state index in [2.05, 4.69) is 77.6 Å². The molecule has 1 aliphatic carbocycles. The van der Waals surface area contributed by atoms with Crippen LogP contribution in [-0.4, -0.2) is 11.7 Å². The number of hydrogen-bond donors (Lipinski definition) is 0. The highest BCUT2D eigenvalue weighted by Gasteiger charge is 2.22. The third kappa shape index (κ3) is 2.57. The van der Waals surface area contributed by atoms with Gasteiger partial charge < -0.3 is 9.30 Å². The zero-order valence-electron chi connectivity index (χ0n) is 13.1. The average Bonchev–Trinajstić information content (AvgIpc) is 3.15. The van der Waals surface area contributed by atoms with Gasteiger partial charge in [-0.1, -0.05) is 42.5 Å². The molecule has 0 radical (unpaired) electrons. The van der Waals surface area contributed by atoms with Gasteiger partial charge in [-0.2, -0.15) is 0 Å². The lowest BCUT2D eigenvalue weighted by Crippen LogP contribution is -2.12. The normalized spacial score (nSPS) is 16.6. The van der Waals surface area contributed by atoms with Crippen LogP contribution in [0.4, 0.5) is 0 Å². The van der Waals surface area contributed by atoms with E-state index in [0.717, 1.165) is 12.2 Å². The van der Waals surface area contributed by atoms with Gasteiger partial charge in [0, 0.05) is 30.4 Å². The fraction of sp³-hybridized carbons (Fsp3) is 0.143. The zero-order valence-corrected chi connectivity index (χ0v) is 13.1. The molecule has 0 spiro atoms. The first-order valence-corrected chi connectivity index (χ1v) is 7.91. The molecule has 1 atom stereocenters. The lowest BCUT2D eigenvalue weighted by molar-refractivity contribution is 0.414. The summed E-state index contributed by atoms with van der Waals surface area (Å²) in [6, 6.07) is 21.2. The molecule has 1 aromatic heterocycles. The summed E-state index contributed by atoms with van der Waals surface area (Å²) in [4.78, 5) is 0. The highest BCUT2D eigenvalue weighted by Crippen LogP contribution is 2.37. The highest BCUT2D eigenvalue weighted by molar-refractivity contribution is 5.61. The van der Waals surface area contributed by atoms with E-state index in [9.17, 15) is 0 Å². The minimum absolute atomic E-state index is 0.257. The lowest BCUT2D eigenvalue weighted by atomic mass is 9.82. The van der Waals surface area contributed by atoms with Crippen molar-refractivity contribution >= 4 is 5.70 Å². The Labute approximate surface area is 136 Å². The number of rotatable bonds is 3. The molecule has 0 bridgehead atoms. The molecule has 1 aliphatic rings. The number of nitrogens with zero attached hydrogens (tertiary/aromatic N) is 1. The van der Waals surface area contributed by atoms with E-state index in [-0.39, 0.29) is 5.92 Å². The third-order valence-electron chi connectivity index (χ3n) is 4.51. The van der Waals surface area contributed by atoms with E-state index >= 15 is 0 Å². The van der Waals surface area contributed by atoms with Crippen LogP contribution in [0.15, 0.2) is 79.1 Å². The Morgan fingerprint density at radius 2 is 1.78 bits per heavy atom. The number of hydrogen-bond acceptors (Lipinski definition) is 1. The lowest BCUT2D eigenvalue weighted by Gasteiger charge is -2.26. The van der Waals surface area contributed by atoms with E-state index in [1.807, 2.05) is 6.07 Å². The topological polar surface area (TPSA) is 14.2 Å². The van der Waals surface area contributed by atoms with Crippen LogP contribution in [0, 0.1) is 0 Å². The second kappa shape index (κ2) is 5.81. The van der Waals surface area contributed by atoms with Crippen LogP contribution in [0.3, 0.4) is 0 Å². The van der Waals surface area contributed by atoms with Crippen LogP contribution < -0.4 is 4.74 Å². The van der Waals surface area contributed by atoms with E-state index in [1.54, 1.807) is 7.11 Å². The van der Waals surface area contributed by atoms with Crippen LogP contribution >= 0.6 is 0 Å². The molecule has 0 saturated carbocycles. The van der Waals surface area contributed by atoms with Gasteiger partial charge in [0.25, 0.3) is 0 Å². The molecule has 0 N–H and O–H groups in total. The van der Waals surface area contributed by atoms with Crippen molar-refractivity contribution in [3.63, 3.8) is 0 Å². The third-order valence-corrected chi connectivity index (χ3v) is 4.51. The second-order valence-corrected chi connectivity index (χ2v) is 5.88. The van der Waals surface area contributed by atoms with E-state index in [0.29, 0.717) is 0 Å². The first kappa shape index (κ1) is 13.9. The molecular weight excluding hydrogens is 282 g/mol. The Hall–Kier alpha value is -2.74. The fourth-order valence-electron chi connectivity index (χ4n) is 3.35. The van der Waals surface area contributed by atoms with Gasteiger partial charge in [0.05, 0.1) is 7.11 Å². The largest absolute Gasteiger partial charge is 0.497 e. The number of aromatic nitrogens is 1. The number of fused-ring (bicyclic) bond motifs is 1. The van der Waals surface area contributed by atoms with Crippen LogP contribution in [0.25, 0.3) is 5.70 Å². The van der Waals surface area contributed by atoms with Crippen molar-refractivity contribution in [3.8, 4) is 5.75 Å². The van der Waals surface area contributed by atoms with Crippen molar-refractivity contribution in [2.75, 3.05) is 7.11 Å². The molecule has 0 fully saturated rings. The summed E-state index contributed by atoms with van der Waals surface area (Å²) in [7, 11) is 1.72. The van der Waals surface area contributed by atoms with Crippen molar-refractivity contribution < 1.29 is 4.74 Å². The van der Waals surface area contributed by atoms with Crippen molar-refractivity contribution in [1.82, 2.24) is 4.57 Å². The summed E-state index contributed by atoms with van der Waals surface area (Å²) < 4.78 is 7.62. The van der Waals surface area contributed by atoms with Crippen molar-refractivity contribution in [2.24, 2.45) is 0 Å². The first-order valence-electron chi connectivity index (χ1n) is 7.91. The maximum Gasteiger partial charge on any atom is 0.119 e. The Kier molecular flexibility index (Phi) is 3.51. The SMILES string of the molecule is COc1cccc(C2C=C(n3cccc3)Cc3ccccc32)c1. The Balaban J connectivity index is 1.84. The van der Waals surface area contributed by atoms with Crippen LogP contribution in [0.5, 0.6) is 5.75 Å². The molecule has 2 aromatic carbocycles. The molecule has 2 heteroatoms. The van der Waals surface area contributed by atoms with Crippen molar-refractivity contribution in [2.45, 2.75) is 12.3 Å². The van der Waals surface area contributed by atoms with E-state index in [1.165, 1.54) is 22.4 Å². The van der Waals surface area contributed by atoms with Crippen LogP contribution in [0.1, 0.15) is 22.6 Å². The maximum absolute atomic E-state index is 5.41.